The molecule has 2 aromatic carbocycles. The number of nitrogens with one attached hydrogen (secondary N) is 1. The van der Waals surface area contributed by atoms with Crippen LogP contribution in [0.4, 0.5) is 5.82 Å². The van der Waals surface area contributed by atoms with Crippen LogP contribution in [-0.2, 0) is 0 Å². The molecule has 0 unspecified atom stereocenters. The normalized spacial score (nSPS) is 11.0. The van der Waals surface area contributed by atoms with Crippen molar-refractivity contribution in [1.82, 2.24) is 10.2 Å². The molecule has 0 bridgehead atoms. The fraction of sp³-hybridized carbons (Fsp3) is 0.263. The molecule has 1 aromatic heterocycles. The van der Waals surface area contributed by atoms with Gasteiger partial charge in [0.05, 0.1) is 7.11 Å². The first-order chi connectivity index (χ1) is 11.2. The Balaban J connectivity index is 2.06. The number of fused-ring (bicyclic) bond motifs is 1. The Bertz CT molecular complexity index is 797. The second kappa shape index (κ2) is 6.65. The Labute approximate surface area is 136 Å². The second-order valence-corrected chi connectivity index (χ2v) is 5.95. The van der Waals surface area contributed by atoms with E-state index in [1.165, 1.54) is 0 Å². The van der Waals surface area contributed by atoms with Gasteiger partial charge in [-0.1, -0.05) is 38.1 Å². The van der Waals surface area contributed by atoms with Crippen molar-refractivity contribution in [3.05, 3.63) is 48.5 Å². The first-order valence-corrected chi connectivity index (χ1v) is 7.82. The maximum atomic E-state index is 5.22. The predicted molar refractivity (Wildman–Crippen MR) is 94.9 cm³/mol. The minimum absolute atomic E-state index is 0.553. The number of methoxy groups -OCH3 is 1. The Morgan fingerprint density at radius 3 is 2.30 bits per heavy atom. The lowest BCUT2D eigenvalue weighted by Crippen LogP contribution is -2.10. The summed E-state index contributed by atoms with van der Waals surface area (Å²) in [4.78, 5) is 0. The molecule has 23 heavy (non-hydrogen) atoms. The minimum atomic E-state index is 0.553. The molecule has 0 radical (unpaired) electrons. The lowest BCUT2D eigenvalue weighted by molar-refractivity contribution is 0.415. The topological polar surface area (TPSA) is 47.0 Å². The molecular weight excluding hydrogens is 286 g/mol. The predicted octanol–water partition coefficient (Wildman–Crippen LogP) is 4.37. The largest absolute Gasteiger partial charge is 0.497 e. The van der Waals surface area contributed by atoms with Crippen molar-refractivity contribution in [3.8, 4) is 17.0 Å². The Morgan fingerprint density at radius 1 is 0.957 bits per heavy atom. The number of anilines is 1. The highest BCUT2D eigenvalue weighted by atomic mass is 16.5. The van der Waals surface area contributed by atoms with Gasteiger partial charge in [0, 0.05) is 22.9 Å². The summed E-state index contributed by atoms with van der Waals surface area (Å²) in [6.45, 7) is 5.23. The van der Waals surface area contributed by atoms with Crippen LogP contribution in [0.25, 0.3) is 22.0 Å². The zero-order chi connectivity index (χ0) is 16.2. The zero-order valence-electron chi connectivity index (χ0n) is 13.7. The van der Waals surface area contributed by atoms with Crippen LogP contribution in [0.5, 0.6) is 5.75 Å². The first-order valence-electron chi connectivity index (χ1n) is 7.82. The van der Waals surface area contributed by atoms with Gasteiger partial charge in [-0.3, -0.25) is 0 Å². The molecule has 0 aliphatic carbocycles. The summed E-state index contributed by atoms with van der Waals surface area (Å²) in [7, 11) is 1.67. The summed E-state index contributed by atoms with van der Waals surface area (Å²) < 4.78 is 5.22. The van der Waals surface area contributed by atoms with Crippen molar-refractivity contribution in [2.45, 2.75) is 13.8 Å². The van der Waals surface area contributed by atoms with Crippen molar-refractivity contribution in [2.75, 3.05) is 19.0 Å². The summed E-state index contributed by atoms with van der Waals surface area (Å²) in [5.41, 5.74) is 1.92. The van der Waals surface area contributed by atoms with Gasteiger partial charge in [0.1, 0.15) is 11.4 Å². The molecule has 0 atom stereocenters. The van der Waals surface area contributed by atoms with E-state index in [1.54, 1.807) is 7.11 Å². The monoisotopic (exact) mass is 307 g/mol. The summed E-state index contributed by atoms with van der Waals surface area (Å²) in [5.74, 6) is 2.23. The van der Waals surface area contributed by atoms with E-state index in [-0.39, 0.29) is 0 Å². The fourth-order valence-electron chi connectivity index (χ4n) is 2.50. The molecule has 0 aliphatic heterocycles. The van der Waals surface area contributed by atoms with Crippen LogP contribution in [0.3, 0.4) is 0 Å². The van der Waals surface area contributed by atoms with Crippen LogP contribution in [0.2, 0.25) is 0 Å². The van der Waals surface area contributed by atoms with Gasteiger partial charge in [0.15, 0.2) is 5.82 Å². The Hall–Kier alpha value is -2.62. The van der Waals surface area contributed by atoms with Crippen LogP contribution in [0.1, 0.15) is 13.8 Å². The highest BCUT2D eigenvalue weighted by molar-refractivity contribution is 6.00. The van der Waals surface area contributed by atoms with Gasteiger partial charge in [-0.05, 0) is 30.2 Å². The smallest absolute Gasteiger partial charge is 0.156 e. The van der Waals surface area contributed by atoms with Gasteiger partial charge in [0.25, 0.3) is 0 Å². The molecular formula is C19H21N3O. The van der Waals surface area contributed by atoms with Gasteiger partial charge in [0.2, 0.25) is 0 Å². The highest BCUT2D eigenvalue weighted by Crippen LogP contribution is 2.30. The van der Waals surface area contributed by atoms with Gasteiger partial charge in [-0.2, -0.15) is 0 Å². The SMILES string of the molecule is COc1ccc(-c2nnc(NCC(C)C)c3ccccc23)cc1. The molecule has 118 valence electrons. The van der Waals surface area contributed by atoms with Crippen molar-refractivity contribution >= 4 is 16.6 Å². The van der Waals surface area contributed by atoms with Crippen molar-refractivity contribution in [2.24, 2.45) is 5.92 Å². The van der Waals surface area contributed by atoms with Gasteiger partial charge < -0.3 is 10.1 Å². The third-order valence-corrected chi connectivity index (χ3v) is 3.73. The third-order valence-electron chi connectivity index (χ3n) is 3.73. The molecule has 0 amide bonds. The van der Waals surface area contributed by atoms with E-state index in [0.29, 0.717) is 5.92 Å². The van der Waals surface area contributed by atoms with Crippen LogP contribution in [0.15, 0.2) is 48.5 Å². The average Bonchev–Trinajstić information content (AvgIpc) is 2.59. The summed E-state index contributed by atoms with van der Waals surface area (Å²) in [6, 6.07) is 16.1. The van der Waals surface area contributed by atoms with Gasteiger partial charge in [-0.15, -0.1) is 10.2 Å². The lowest BCUT2D eigenvalue weighted by Gasteiger charge is -2.12. The first kappa shape index (κ1) is 15.3. The molecule has 0 fully saturated rings. The molecule has 1 N–H and O–H groups in total. The van der Waals surface area contributed by atoms with Gasteiger partial charge in [-0.25, -0.2) is 0 Å². The van der Waals surface area contributed by atoms with E-state index < -0.39 is 0 Å². The molecule has 0 spiro atoms. The molecule has 4 nitrogen and oxygen atoms in total. The van der Waals surface area contributed by atoms with E-state index in [9.17, 15) is 0 Å². The summed E-state index contributed by atoms with van der Waals surface area (Å²) in [6.07, 6.45) is 0. The van der Waals surface area contributed by atoms with E-state index >= 15 is 0 Å². The quantitative estimate of drug-likeness (QED) is 0.760. The fourth-order valence-corrected chi connectivity index (χ4v) is 2.50. The highest BCUT2D eigenvalue weighted by Gasteiger charge is 2.11. The van der Waals surface area contributed by atoms with E-state index in [0.717, 1.165) is 40.1 Å². The van der Waals surface area contributed by atoms with Crippen molar-refractivity contribution in [1.29, 1.82) is 0 Å². The molecule has 3 aromatic rings. The van der Waals surface area contributed by atoms with E-state index in [4.69, 9.17) is 4.74 Å². The summed E-state index contributed by atoms with van der Waals surface area (Å²) in [5, 5.41) is 14.4. The maximum Gasteiger partial charge on any atom is 0.156 e. The number of nitrogens with zero attached hydrogens (tertiary/aromatic N) is 2. The van der Waals surface area contributed by atoms with Crippen LogP contribution < -0.4 is 10.1 Å². The molecule has 0 saturated heterocycles. The van der Waals surface area contributed by atoms with E-state index in [1.807, 2.05) is 36.4 Å². The number of aromatic nitrogens is 2. The zero-order valence-corrected chi connectivity index (χ0v) is 13.7. The number of hydrogen-bond donors (Lipinski definition) is 1. The second-order valence-electron chi connectivity index (χ2n) is 5.95. The number of hydrogen-bond acceptors (Lipinski definition) is 4. The molecule has 3 rings (SSSR count). The van der Waals surface area contributed by atoms with Crippen LogP contribution in [-0.4, -0.2) is 23.9 Å². The molecule has 0 saturated carbocycles. The maximum absolute atomic E-state index is 5.22. The average molecular weight is 307 g/mol. The minimum Gasteiger partial charge on any atom is -0.497 e. The number of ether oxygens (including phenoxy) is 1. The van der Waals surface area contributed by atoms with Crippen molar-refractivity contribution in [3.63, 3.8) is 0 Å². The van der Waals surface area contributed by atoms with Gasteiger partial charge >= 0.3 is 0 Å². The van der Waals surface area contributed by atoms with Crippen LogP contribution in [0, 0.1) is 5.92 Å². The lowest BCUT2D eigenvalue weighted by atomic mass is 10.0. The summed E-state index contributed by atoms with van der Waals surface area (Å²) >= 11 is 0. The van der Waals surface area contributed by atoms with Crippen LogP contribution >= 0.6 is 0 Å². The Kier molecular flexibility index (Phi) is 4.42. The molecule has 4 heteroatoms. The Morgan fingerprint density at radius 2 is 1.65 bits per heavy atom. The number of benzene rings is 2. The van der Waals surface area contributed by atoms with E-state index in [2.05, 4.69) is 41.5 Å². The number of rotatable bonds is 5. The standard InChI is InChI=1S/C19H21N3O/c1-13(2)12-20-19-17-7-5-4-6-16(17)18(21-22-19)14-8-10-15(23-3)11-9-14/h4-11,13H,12H2,1-3H3,(H,20,22). The molecule has 0 aliphatic rings. The molecule has 1 heterocycles. The van der Waals surface area contributed by atoms with Crippen molar-refractivity contribution < 1.29 is 4.74 Å². The third kappa shape index (κ3) is 3.26.